The molecule has 1 saturated heterocycles. The summed E-state index contributed by atoms with van der Waals surface area (Å²) >= 11 is 0. The van der Waals surface area contributed by atoms with Crippen molar-refractivity contribution in [1.29, 1.82) is 0 Å². The van der Waals surface area contributed by atoms with Crippen molar-refractivity contribution in [2.24, 2.45) is 0 Å². The Kier molecular flexibility index (Phi) is 5.45. The molecule has 1 heterocycles. The molecule has 14 heavy (non-hydrogen) atoms. The topological polar surface area (TPSA) is 24.5 Å². The van der Waals surface area contributed by atoms with Gasteiger partial charge in [-0.25, -0.2) is 0 Å². The molecule has 0 aromatic heterocycles. The van der Waals surface area contributed by atoms with Crippen molar-refractivity contribution >= 4 is 0 Å². The smallest absolute Gasteiger partial charge is 0.0826 e. The molecule has 0 aromatic rings. The van der Waals surface area contributed by atoms with Crippen LogP contribution in [-0.4, -0.2) is 50.3 Å². The number of hydrogen-bond donors (Lipinski definition) is 1. The molecule has 84 valence electrons. The Balaban J connectivity index is 2.10. The predicted octanol–water partition coefficient (Wildman–Crippen LogP) is 1.10. The molecule has 1 aliphatic heterocycles. The van der Waals surface area contributed by atoms with E-state index < -0.39 is 0 Å². The Morgan fingerprint density at radius 3 is 3.00 bits per heavy atom. The highest BCUT2D eigenvalue weighted by Crippen LogP contribution is 2.03. The molecule has 3 nitrogen and oxygen atoms in total. The largest absolute Gasteiger partial charge is 0.374 e. The molecular weight excluding hydrogens is 176 g/mol. The minimum atomic E-state index is 0.382. The number of rotatable bonds is 5. The highest BCUT2D eigenvalue weighted by atomic mass is 16.5. The van der Waals surface area contributed by atoms with E-state index in [4.69, 9.17) is 4.74 Å². The van der Waals surface area contributed by atoms with Gasteiger partial charge in [0.15, 0.2) is 0 Å². The zero-order valence-corrected chi connectivity index (χ0v) is 9.75. The Morgan fingerprint density at radius 2 is 2.36 bits per heavy atom. The fraction of sp³-hybridized carbons (Fsp3) is 1.00. The normalized spacial score (nSPS) is 26.4. The van der Waals surface area contributed by atoms with Crippen LogP contribution in [0.3, 0.4) is 0 Å². The number of nitrogens with zero attached hydrogens (tertiary/aromatic N) is 1. The zero-order valence-electron chi connectivity index (χ0n) is 9.75. The molecule has 0 bridgehead atoms. The van der Waals surface area contributed by atoms with E-state index in [0.29, 0.717) is 12.1 Å². The average Bonchev–Trinajstić information content (AvgIpc) is 2.15. The van der Waals surface area contributed by atoms with E-state index in [9.17, 15) is 0 Å². The van der Waals surface area contributed by atoms with Gasteiger partial charge in [-0.15, -0.1) is 0 Å². The van der Waals surface area contributed by atoms with Crippen LogP contribution in [0.2, 0.25) is 0 Å². The van der Waals surface area contributed by atoms with Gasteiger partial charge in [0.1, 0.15) is 0 Å². The van der Waals surface area contributed by atoms with Crippen LogP contribution in [0.4, 0.5) is 0 Å². The van der Waals surface area contributed by atoms with E-state index in [1.54, 1.807) is 0 Å². The molecule has 1 rings (SSSR count). The van der Waals surface area contributed by atoms with Crippen molar-refractivity contribution in [3.05, 3.63) is 0 Å². The summed E-state index contributed by atoms with van der Waals surface area (Å²) < 4.78 is 5.67. The molecule has 0 amide bonds. The quantitative estimate of drug-likeness (QED) is 0.719. The van der Waals surface area contributed by atoms with Crippen molar-refractivity contribution < 1.29 is 4.74 Å². The maximum Gasteiger partial charge on any atom is 0.0826 e. The first-order valence-electron chi connectivity index (χ1n) is 5.76. The van der Waals surface area contributed by atoms with Gasteiger partial charge >= 0.3 is 0 Å². The van der Waals surface area contributed by atoms with E-state index >= 15 is 0 Å². The standard InChI is InChI=1S/C11H24N2O/c1-4-5-10(2)12-8-11-9-13(3)6-7-14-11/h10-12H,4-9H2,1-3H3. The van der Waals surface area contributed by atoms with Crippen LogP contribution in [0, 0.1) is 0 Å². The van der Waals surface area contributed by atoms with Crippen molar-refractivity contribution in [1.82, 2.24) is 10.2 Å². The molecule has 3 heteroatoms. The summed E-state index contributed by atoms with van der Waals surface area (Å²) in [6.07, 6.45) is 2.88. The van der Waals surface area contributed by atoms with Gasteiger partial charge in [0.05, 0.1) is 12.7 Å². The van der Waals surface area contributed by atoms with Crippen LogP contribution < -0.4 is 5.32 Å². The highest BCUT2D eigenvalue weighted by molar-refractivity contribution is 4.72. The summed E-state index contributed by atoms with van der Waals surface area (Å²) in [6, 6.07) is 0.621. The van der Waals surface area contributed by atoms with E-state index in [1.807, 2.05) is 0 Å². The second-order valence-corrected chi connectivity index (χ2v) is 4.35. The Hall–Kier alpha value is -0.120. The lowest BCUT2D eigenvalue weighted by atomic mass is 10.2. The lowest BCUT2D eigenvalue weighted by molar-refractivity contribution is -0.0191. The molecule has 0 aromatic carbocycles. The van der Waals surface area contributed by atoms with Crippen molar-refractivity contribution in [2.75, 3.05) is 33.3 Å². The number of nitrogens with one attached hydrogen (secondary N) is 1. The van der Waals surface area contributed by atoms with Crippen LogP contribution in [0.25, 0.3) is 0 Å². The van der Waals surface area contributed by atoms with Gasteiger partial charge in [-0.1, -0.05) is 13.3 Å². The summed E-state index contributed by atoms with van der Waals surface area (Å²) in [5.41, 5.74) is 0. The van der Waals surface area contributed by atoms with Gasteiger partial charge in [0.2, 0.25) is 0 Å². The molecular formula is C11H24N2O. The van der Waals surface area contributed by atoms with E-state index in [1.165, 1.54) is 12.8 Å². The maximum atomic E-state index is 5.67. The highest BCUT2D eigenvalue weighted by Gasteiger charge is 2.17. The maximum absolute atomic E-state index is 5.67. The summed E-state index contributed by atoms with van der Waals surface area (Å²) in [4.78, 5) is 2.33. The number of hydrogen-bond acceptors (Lipinski definition) is 3. The lowest BCUT2D eigenvalue weighted by Crippen LogP contribution is -2.46. The Labute approximate surface area is 87.8 Å². The van der Waals surface area contributed by atoms with Crippen LogP contribution in [-0.2, 0) is 4.74 Å². The van der Waals surface area contributed by atoms with Crippen LogP contribution >= 0.6 is 0 Å². The van der Waals surface area contributed by atoms with Gasteiger partial charge in [0, 0.05) is 25.7 Å². The molecule has 0 saturated carbocycles. The minimum Gasteiger partial charge on any atom is -0.374 e. The molecule has 0 aliphatic carbocycles. The summed E-state index contributed by atoms with van der Waals surface area (Å²) in [6.45, 7) is 8.47. The van der Waals surface area contributed by atoms with Crippen LogP contribution in [0.5, 0.6) is 0 Å². The fourth-order valence-corrected chi connectivity index (χ4v) is 1.86. The van der Waals surface area contributed by atoms with E-state index in [2.05, 4.69) is 31.1 Å². The summed E-state index contributed by atoms with van der Waals surface area (Å²) in [7, 11) is 2.16. The summed E-state index contributed by atoms with van der Waals surface area (Å²) in [5.74, 6) is 0. The third kappa shape index (κ3) is 4.40. The number of ether oxygens (including phenoxy) is 1. The lowest BCUT2D eigenvalue weighted by Gasteiger charge is -2.31. The molecule has 0 radical (unpaired) electrons. The third-order valence-corrected chi connectivity index (χ3v) is 2.76. The van der Waals surface area contributed by atoms with Crippen LogP contribution in [0.1, 0.15) is 26.7 Å². The predicted molar refractivity (Wildman–Crippen MR) is 59.6 cm³/mol. The first kappa shape index (κ1) is 12.0. The first-order chi connectivity index (χ1) is 6.72. The molecule has 1 aliphatic rings. The summed E-state index contributed by atoms with van der Waals surface area (Å²) in [5, 5.41) is 3.52. The SMILES string of the molecule is CCCC(C)NCC1CN(C)CCO1. The second-order valence-electron chi connectivity index (χ2n) is 4.35. The third-order valence-electron chi connectivity index (χ3n) is 2.76. The number of morpholine rings is 1. The minimum absolute atomic E-state index is 0.382. The van der Waals surface area contributed by atoms with E-state index in [-0.39, 0.29) is 0 Å². The van der Waals surface area contributed by atoms with Gasteiger partial charge in [-0.05, 0) is 20.4 Å². The fourth-order valence-electron chi connectivity index (χ4n) is 1.86. The van der Waals surface area contributed by atoms with Crippen LogP contribution in [0.15, 0.2) is 0 Å². The molecule has 2 atom stereocenters. The van der Waals surface area contributed by atoms with E-state index in [0.717, 1.165) is 26.2 Å². The van der Waals surface area contributed by atoms with Gasteiger partial charge in [0.25, 0.3) is 0 Å². The zero-order chi connectivity index (χ0) is 10.4. The van der Waals surface area contributed by atoms with Gasteiger partial charge < -0.3 is 15.0 Å². The van der Waals surface area contributed by atoms with Crippen molar-refractivity contribution in [2.45, 2.75) is 38.8 Å². The van der Waals surface area contributed by atoms with Gasteiger partial charge in [-0.2, -0.15) is 0 Å². The Morgan fingerprint density at radius 1 is 1.57 bits per heavy atom. The monoisotopic (exact) mass is 200 g/mol. The average molecular weight is 200 g/mol. The molecule has 1 N–H and O–H groups in total. The van der Waals surface area contributed by atoms with Crippen molar-refractivity contribution in [3.8, 4) is 0 Å². The molecule has 0 spiro atoms. The second kappa shape index (κ2) is 6.38. The molecule has 1 fully saturated rings. The Bertz CT molecular complexity index is 152. The van der Waals surface area contributed by atoms with Gasteiger partial charge in [-0.3, -0.25) is 0 Å². The first-order valence-corrected chi connectivity index (χ1v) is 5.76. The van der Waals surface area contributed by atoms with Crippen molar-refractivity contribution in [3.63, 3.8) is 0 Å². The number of likely N-dealkylation sites (N-methyl/N-ethyl adjacent to an activating group) is 1. The molecule has 2 unspecified atom stereocenters.